The van der Waals surface area contributed by atoms with Gasteiger partial charge in [0.05, 0.1) is 12.2 Å². The monoisotopic (exact) mass is 213 g/mol. The fourth-order valence-corrected chi connectivity index (χ4v) is 1.56. The summed E-state index contributed by atoms with van der Waals surface area (Å²) >= 11 is 0. The van der Waals surface area contributed by atoms with E-state index in [1.54, 1.807) is 0 Å². The van der Waals surface area contributed by atoms with Crippen LogP contribution in [0.15, 0.2) is 54.6 Å². The van der Waals surface area contributed by atoms with Gasteiger partial charge in [0, 0.05) is 0 Å². The van der Waals surface area contributed by atoms with E-state index in [2.05, 4.69) is 0 Å². The molecule has 0 unspecified atom stereocenters. The third kappa shape index (κ3) is 2.61. The van der Waals surface area contributed by atoms with Gasteiger partial charge in [-0.2, -0.15) is 0 Å². The summed E-state index contributed by atoms with van der Waals surface area (Å²) in [5, 5.41) is 11.2. The van der Waals surface area contributed by atoms with Crippen LogP contribution in [0.2, 0.25) is 0 Å². The third-order valence-corrected chi connectivity index (χ3v) is 2.51. The molecule has 0 fully saturated rings. The van der Waals surface area contributed by atoms with Crippen LogP contribution in [-0.4, -0.2) is 5.21 Å². The van der Waals surface area contributed by atoms with Crippen molar-refractivity contribution in [1.82, 2.24) is 0 Å². The Kier molecular flexibility index (Phi) is 3.22. The van der Waals surface area contributed by atoms with Crippen molar-refractivity contribution < 1.29 is 5.21 Å². The van der Waals surface area contributed by atoms with Crippen molar-refractivity contribution in [2.75, 3.05) is 5.06 Å². The van der Waals surface area contributed by atoms with Gasteiger partial charge in [0.15, 0.2) is 0 Å². The molecule has 2 aromatic carbocycles. The molecule has 2 nitrogen and oxygen atoms in total. The quantitative estimate of drug-likeness (QED) is 0.790. The topological polar surface area (TPSA) is 23.5 Å². The fourth-order valence-electron chi connectivity index (χ4n) is 1.56. The second kappa shape index (κ2) is 4.81. The summed E-state index contributed by atoms with van der Waals surface area (Å²) in [6.07, 6.45) is 0. The largest absolute Gasteiger partial charge is 0.288 e. The predicted octanol–water partition coefficient (Wildman–Crippen LogP) is 3.39. The van der Waals surface area contributed by atoms with E-state index < -0.39 is 0 Å². The summed E-state index contributed by atoms with van der Waals surface area (Å²) in [4.78, 5) is 0. The van der Waals surface area contributed by atoms with E-state index in [0.29, 0.717) is 6.54 Å². The van der Waals surface area contributed by atoms with E-state index in [1.807, 2.05) is 61.5 Å². The average molecular weight is 213 g/mol. The summed E-state index contributed by atoms with van der Waals surface area (Å²) in [5.41, 5.74) is 3.09. The molecule has 0 aromatic heterocycles. The van der Waals surface area contributed by atoms with Crippen LogP contribution in [0.1, 0.15) is 11.1 Å². The maximum atomic E-state index is 9.90. The van der Waals surface area contributed by atoms with Gasteiger partial charge < -0.3 is 0 Å². The molecule has 0 aliphatic rings. The SMILES string of the molecule is Cc1ccc(N(O)Cc2ccccc2)cc1. The number of anilines is 1. The van der Waals surface area contributed by atoms with Crippen LogP contribution in [0.3, 0.4) is 0 Å². The van der Waals surface area contributed by atoms with Crippen molar-refractivity contribution in [3.05, 3.63) is 65.7 Å². The standard InChI is InChI=1S/C14H15NO/c1-12-7-9-14(10-8-12)15(16)11-13-5-3-2-4-6-13/h2-10,16H,11H2,1H3. The van der Waals surface area contributed by atoms with Gasteiger partial charge in [-0.25, -0.2) is 0 Å². The number of nitrogens with zero attached hydrogens (tertiary/aromatic N) is 1. The first-order valence-electron chi connectivity index (χ1n) is 5.33. The molecule has 82 valence electrons. The van der Waals surface area contributed by atoms with Gasteiger partial charge in [-0.15, -0.1) is 0 Å². The maximum absolute atomic E-state index is 9.90. The number of aryl methyl sites for hydroxylation is 1. The molecule has 2 heteroatoms. The van der Waals surface area contributed by atoms with E-state index in [0.717, 1.165) is 11.3 Å². The number of rotatable bonds is 3. The fraction of sp³-hybridized carbons (Fsp3) is 0.143. The minimum Gasteiger partial charge on any atom is -0.288 e. The Morgan fingerprint density at radius 2 is 1.56 bits per heavy atom. The number of hydrogen-bond acceptors (Lipinski definition) is 2. The normalized spacial score (nSPS) is 10.1. The zero-order chi connectivity index (χ0) is 11.4. The lowest BCUT2D eigenvalue weighted by Crippen LogP contribution is -2.16. The van der Waals surface area contributed by atoms with Crippen molar-refractivity contribution in [1.29, 1.82) is 0 Å². The first-order valence-corrected chi connectivity index (χ1v) is 5.33. The molecule has 0 radical (unpaired) electrons. The highest BCUT2D eigenvalue weighted by atomic mass is 16.5. The molecule has 0 atom stereocenters. The molecule has 0 aliphatic heterocycles. The highest BCUT2D eigenvalue weighted by Gasteiger charge is 2.02. The Morgan fingerprint density at radius 3 is 2.19 bits per heavy atom. The summed E-state index contributed by atoms with van der Waals surface area (Å²) in [6, 6.07) is 17.7. The van der Waals surface area contributed by atoms with E-state index in [9.17, 15) is 5.21 Å². The van der Waals surface area contributed by atoms with Crippen molar-refractivity contribution in [3.8, 4) is 0 Å². The van der Waals surface area contributed by atoms with Crippen molar-refractivity contribution >= 4 is 5.69 Å². The molecule has 1 N–H and O–H groups in total. The number of hydrogen-bond donors (Lipinski definition) is 1. The lowest BCUT2D eigenvalue weighted by Gasteiger charge is -2.17. The first-order chi connectivity index (χ1) is 7.75. The molecule has 2 rings (SSSR count). The Hall–Kier alpha value is -1.80. The van der Waals surface area contributed by atoms with Crippen LogP contribution in [0.4, 0.5) is 5.69 Å². The van der Waals surface area contributed by atoms with Crippen LogP contribution < -0.4 is 5.06 Å². The van der Waals surface area contributed by atoms with E-state index in [4.69, 9.17) is 0 Å². The summed E-state index contributed by atoms with van der Waals surface area (Å²) in [5.74, 6) is 0. The van der Waals surface area contributed by atoms with Crippen molar-refractivity contribution in [3.63, 3.8) is 0 Å². The molecule has 0 saturated heterocycles. The smallest absolute Gasteiger partial charge is 0.0703 e. The third-order valence-electron chi connectivity index (χ3n) is 2.51. The highest BCUT2D eigenvalue weighted by molar-refractivity contribution is 5.45. The van der Waals surface area contributed by atoms with Crippen LogP contribution in [0.25, 0.3) is 0 Å². The first kappa shape index (κ1) is 10.7. The zero-order valence-electron chi connectivity index (χ0n) is 9.30. The second-order valence-electron chi connectivity index (χ2n) is 3.88. The highest BCUT2D eigenvalue weighted by Crippen LogP contribution is 2.15. The minimum atomic E-state index is 0.504. The van der Waals surface area contributed by atoms with Gasteiger partial charge >= 0.3 is 0 Å². The second-order valence-corrected chi connectivity index (χ2v) is 3.88. The van der Waals surface area contributed by atoms with Gasteiger partial charge in [0.25, 0.3) is 0 Å². The molecule has 0 bridgehead atoms. The van der Waals surface area contributed by atoms with Crippen LogP contribution in [-0.2, 0) is 6.54 Å². The summed E-state index contributed by atoms with van der Waals surface area (Å²) in [6.45, 7) is 2.53. The summed E-state index contributed by atoms with van der Waals surface area (Å²) < 4.78 is 0. The van der Waals surface area contributed by atoms with E-state index >= 15 is 0 Å². The molecule has 0 aliphatic carbocycles. The maximum Gasteiger partial charge on any atom is 0.0703 e. The van der Waals surface area contributed by atoms with Crippen LogP contribution in [0.5, 0.6) is 0 Å². The zero-order valence-corrected chi connectivity index (χ0v) is 9.30. The summed E-state index contributed by atoms with van der Waals surface area (Å²) in [7, 11) is 0. The number of benzene rings is 2. The predicted molar refractivity (Wildman–Crippen MR) is 65.6 cm³/mol. The van der Waals surface area contributed by atoms with Gasteiger partial charge in [0.1, 0.15) is 0 Å². The molecule has 0 saturated carbocycles. The van der Waals surface area contributed by atoms with Crippen LogP contribution >= 0.6 is 0 Å². The molecule has 0 amide bonds. The Labute approximate surface area is 95.7 Å². The van der Waals surface area contributed by atoms with Gasteiger partial charge in [-0.05, 0) is 24.6 Å². The Balaban J connectivity index is 2.09. The van der Waals surface area contributed by atoms with Crippen LogP contribution in [0, 0.1) is 6.92 Å². The molecule has 16 heavy (non-hydrogen) atoms. The molecular weight excluding hydrogens is 198 g/mol. The van der Waals surface area contributed by atoms with Gasteiger partial charge in [-0.3, -0.25) is 10.3 Å². The van der Waals surface area contributed by atoms with E-state index in [-0.39, 0.29) is 0 Å². The van der Waals surface area contributed by atoms with Crippen molar-refractivity contribution in [2.24, 2.45) is 0 Å². The van der Waals surface area contributed by atoms with Gasteiger partial charge in [0.2, 0.25) is 0 Å². The Morgan fingerprint density at radius 1 is 0.938 bits per heavy atom. The lowest BCUT2D eigenvalue weighted by atomic mass is 10.2. The molecule has 2 aromatic rings. The number of hydroxylamine groups is 1. The van der Waals surface area contributed by atoms with Gasteiger partial charge in [-0.1, -0.05) is 48.0 Å². The molecular formula is C14H15NO. The lowest BCUT2D eigenvalue weighted by molar-refractivity contribution is 0.250. The van der Waals surface area contributed by atoms with E-state index in [1.165, 1.54) is 10.6 Å². The Bertz CT molecular complexity index is 436. The average Bonchev–Trinajstić information content (AvgIpc) is 2.31. The molecule has 0 heterocycles. The minimum absolute atomic E-state index is 0.504. The molecule has 0 spiro atoms. The van der Waals surface area contributed by atoms with Crippen molar-refractivity contribution in [2.45, 2.75) is 13.5 Å².